The van der Waals surface area contributed by atoms with Gasteiger partial charge >= 0.3 is 0 Å². The highest BCUT2D eigenvalue weighted by Crippen LogP contribution is 2.21. The van der Waals surface area contributed by atoms with E-state index >= 15 is 0 Å². The smallest absolute Gasteiger partial charge is 0.265 e. The van der Waals surface area contributed by atoms with Crippen LogP contribution in [0.5, 0.6) is 5.75 Å². The minimum atomic E-state index is -0.703. The molecule has 1 aliphatic rings. The molecule has 0 spiro atoms. The maximum Gasteiger partial charge on any atom is 0.265 e. The van der Waals surface area contributed by atoms with E-state index in [-0.39, 0.29) is 17.9 Å². The third kappa shape index (κ3) is 5.57. The molecule has 6 nitrogen and oxygen atoms in total. The van der Waals surface area contributed by atoms with Crippen molar-refractivity contribution in [3.8, 4) is 5.75 Å². The predicted molar refractivity (Wildman–Crippen MR) is 112 cm³/mol. The SMILES string of the molecule is CCc1ccccc1O[C@H](C)C(=O)Nc1ccccc1C(=O)NC[C@H]1CCCO1. The maximum absolute atomic E-state index is 12.7. The van der Waals surface area contributed by atoms with Crippen molar-refractivity contribution >= 4 is 17.5 Å². The first-order valence-corrected chi connectivity index (χ1v) is 10.1. The van der Waals surface area contributed by atoms with Gasteiger partial charge in [-0.05, 0) is 49.9 Å². The molecule has 1 aliphatic heterocycles. The van der Waals surface area contributed by atoms with E-state index in [1.165, 1.54) is 0 Å². The number of hydrogen-bond donors (Lipinski definition) is 2. The Bertz CT molecular complexity index is 846. The summed E-state index contributed by atoms with van der Waals surface area (Å²) in [5.74, 6) is 0.150. The summed E-state index contributed by atoms with van der Waals surface area (Å²) in [6.45, 7) is 4.95. The average molecular weight is 396 g/mol. The predicted octanol–water partition coefficient (Wildman–Crippen LogP) is 3.56. The standard InChI is InChI=1S/C23H28N2O4/c1-3-17-9-4-7-13-21(17)29-16(2)22(26)25-20-12-6-5-11-19(20)23(27)24-15-18-10-8-14-28-18/h4-7,9,11-13,16,18H,3,8,10,14-15H2,1-2H3,(H,24,27)(H,25,26)/t16-,18-/m1/s1. The molecule has 2 amide bonds. The highest BCUT2D eigenvalue weighted by molar-refractivity contribution is 6.04. The minimum absolute atomic E-state index is 0.0627. The van der Waals surface area contributed by atoms with Crippen LogP contribution in [0.2, 0.25) is 0 Å². The summed E-state index contributed by atoms with van der Waals surface area (Å²) in [5, 5.41) is 5.71. The van der Waals surface area contributed by atoms with Gasteiger partial charge in [0.2, 0.25) is 0 Å². The number of rotatable bonds is 8. The molecule has 0 radical (unpaired) electrons. The number of anilines is 1. The summed E-state index contributed by atoms with van der Waals surface area (Å²) >= 11 is 0. The van der Waals surface area contributed by atoms with Gasteiger partial charge in [-0.2, -0.15) is 0 Å². The van der Waals surface area contributed by atoms with Crippen molar-refractivity contribution in [1.82, 2.24) is 5.32 Å². The Morgan fingerprint density at radius 3 is 2.69 bits per heavy atom. The highest BCUT2D eigenvalue weighted by Gasteiger charge is 2.21. The second-order valence-corrected chi connectivity index (χ2v) is 7.10. The van der Waals surface area contributed by atoms with Crippen LogP contribution in [0.4, 0.5) is 5.69 Å². The van der Waals surface area contributed by atoms with Gasteiger partial charge in [0.15, 0.2) is 6.10 Å². The van der Waals surface area contributed by atoms with Crippen LogP contribution in [-0.4, -0.2) is 37.2 Å². The van der Waals surface area contributed by atoms with Crippen LogP contribution in [0.3, 0.4) is 0 Å². The molecular weight excluding hydrogens is 368 g/mol. The van der Waals surface area contributed by atoms with E-state index in [2.05, 4.69) is 10.6 Å². The first kappa shape index (κ1) is 20.9. The molecule has 1 heterocycles. The van der Waals surface area contributed by atoms with Crippen LogP contribution < -0.4 is 15.4 Å². The number of benzene rings is 2. The first-order chi connectivity index (χ1) is 14.1. The Kier molecular flexibility index (Phi) is 7.25. The van der Waals surface area contributed by atoms with E-state index in [1.54, 1.807) is 31.2 Å². The number of aryl methyl sites for hydroxylation is 1. The zero-order chi connectivity index (χ0) is 20.6. The number of carbonyl (C=O) groups excluding carboxylic acids is 2. The highest BCUT2D eigenvalue weighted by atomic mass is 16.5. The van der Waals surface area contributed by atoms with Crippen LogP contribution in [0.15, 0.2) is 48.5 Å². The van der Waals surface area contributed by atoms with Crippen LogP contribution in [-0.2, 0) is 16.0 Å². The summed E-state index contributed by atoms with van der Waals surface area (Å²) in [5.41, 5.74) is 1.92. The topological polar surface area (TPSA) is 76.7 Å². The summed E-state index contributed by atoms with van der Waals surface area (Å²) in [4.78, 5) is 25.3. The van der Waals surface area contributed by atoms with Gasteiger partial charge in [0.1, 0.15) is 5.75 Å². The zero-order valence-corrected chi connectivity index (χ0v) is 16.9. The molecular formula is C23H28N2O4. The van der Waals surface area contributed by atoms with E-state index in [1.807, 2.05) is 31.2 Å². The van der Waals surface area contributed by atoms with Crippen molar-refractivity contribution in [2.45, 2.75) is 45.3 Å². The van der Waals surface area contributed by atoms with Gasteiger partial charge in [0.25, 0.3) is 11.8 Å². The van der Waals surface area contributed by atoms with Gasteiger partial charge in [0.05, 0.1) is 17.4 Å². The van der Waals surface area contributed by atoms with E-state index < -0.39 is 6.10 Å². The van der Waals surface area contributed by atoms with Crippen molar-refractivity contribution in [1.29, 1.82) is 0 Å². The molecule has 0 saturated carbocycles. The van der Waals surface area contributed by atoms with Gasteiger partial charge in [0, 0.05) is 13.2 Å². The fourth-order valence-corrected chi connectivity index (χ4v) is 3.29. The average Bonchev–Trinajstić information content (AvgIpc) is 3.26. The lowest BCUT2D eigenvalue weighted by molar-refractivity contribution is -0.122. The number of carbonyl (C=O) groups is 2. The number of amides is 2. The molecule has 1 fully saturated rings. The quantitative estimate of drug-likeness (QED) is 0.715. The lowest BCUT2D eigenvalue weighted by Crippen LogP contribution is -2.34. The molecule has 2 aromatic carbocycles. The van der Waals surface area contributed by atoms with Crippen LogP contribution in [0.25, 0.3) is 0 Å². The van der Waals surface area contributed by atoms with Crippen molar-refractivity contribution in [3.05, 3.63) is 59.7 Å². The molecule has 1 saturated heterocycles. The lowest BCUT2D eigenvalue weighted by atomic mass is 10.1. The molecule has 3 rings (SSSR count). The van der Waals surface area contributed by atoms with E-state index in [0.717, 1.165) is 31.4 Å². The Morgan fingerprint density at radius 1 is 1.17 bits per heavy atom. The molecule has 2 atom stereocenters. The maximum atomic E-state index is 12.7. The normalized spacial score (nSPS) is 16.8. The molecule has 0 bridgehead atoms. The summed E-state index contributed by atoms with van der Waals surface area (Å²) in [7, 11) is 0. The third-order valence-corrected chi connectivity index (χ3v) is 4.97. The summed E-state index contributed by atoms with van der Waals surface area (Å²) in [6.07, 6.45) is 2.15. The molecule has 0 unspecified atom stereocenters. The Morgan fingerprint density at radius 2 is 1.93 bits per heavy atom. The first-order valence-electron chi connectivity index (χ1n) is 10.1. The number of ether oxygens (including phenoxy) is 2. The third-order valence-electron chi connectivity index (χ3n) is 4.97. The Balaban J connectivity index is 1.63. The van der Waals surface area contributed by atoms with Crippen molar-refractivity contribution < 1.29 is 19.1 Å². The molecule has 0 aromatic heterocycles. The molecule has 0 aliphatic carbocycles. The second-order valence-electron chi connectivity index (χ2n) is 7.10. The van der Waals surface area contributed by atoms with Gasteiger partial charge < -0.3 is 20.1 Å². The molecule has 29 heavy (non-hydrogen) atoms. The van der Waals surface area contributed by atoms with Crippen molar-refractivity contribution in [3.63, 3.8) is 0 Å². The van der Waals surface area contributed by atoms with E-state index in [9.17, 15) is 9.59 Å². The van der Waals surface area contributed by atoms with Crippen molar-refractivity contribution in [2.24, 2.45) is 0 Å². The Hall–Kier alpha value is -2.86. The lowest BCUT2D eigenvalue weighted by Gasteiger charge is -2.18. The fourth-order valence-electron chi connectivity index (χ4n) is 3.29. The summed E-state index contributed by atoms with van der Waals surface area (Å²) in [6, 6.07) is 14.6. The van der Waals surface area contributed by atoms with Gasteiger partial charge in [-0.3, -0.25) is 9.59 Å². The molecule has 2 aromatic rings. The van der Waals surface area contributed by atoms with Crippen molar-refractivity contribution in [2.75, 3.05) is 18.5 Å². The monoisotopic (exact) mass is 396 g/mol. The number of para-hydroxylation sites is 2. The molecule has 2 N–H and O–H groups in total. The van der Waals surface area contributed by atoms with E-state index in [4.69, 9.17) is 9.47 Å². The molecule has 154 valence electrons. The summed E-state index contributed by atoms with van der Waals surface area (Å²) < 4.78 is 11.4. The van der Waals surface area contributed by atoms with Gasteiger partial charge in [-0.1, -0.05) is 37.3 Å². The number of hydrogen-bond acceptors (Lipinski definition) is 4. The van der Waals surface area contributed by atoms with Crippen LogP contribution in [0, 0.1) is 0 Å². The molecule has 6 heteroatoms. The van der Waals surface area contributed by atoms with E-state index in [0.29, 0.717) is 23.5 Å². The largest absolute Gasteiger partial charge is 0.481 e. The van der Waals surface area contributed by atoms with Crippen LogP contribution in [0.1, 0.15) is 42.6 Å². The minimum Gasteiger partial charge on any atom is -0.481 e. The second kappa shape index (κ2) is 10.1. The zero-order valence-electron chi connectivity index (χ0n) is 16.9. The fraction of sp³-hybridized carbons (Fsp3) is 0.391. The Labute approximate surface area is 171 Å². The van der Waals surface area contributed by atoms with Crippen LogP contribution >= 0.6 is 0 Å². The number of nitrogens with one attached hydrogen (secondary N) is 2. The van der Waals surface area contributed by atoms with Gasteiger partial charge in [-0.15, -0.1) is 0 Å². The van der Waals surface area contributed by atoms with Gasteiger partial charge in [-0.25, -0.2) is 0 Å².